The molecule has 1 heterocycles. The lowest BCUT2D eigenvalue weighted by molar-refractivity contribution is 0.0960. The standard InChI is InChI=1S/C13H28N2O/c1-4-6-13-11-15(9-10-16-5-2)12(3)7-8-14-13/h12-14H,4-11H2,1-3H3. The Morgan fingerprint density at radius 3 is 2.88 bits per heavy atom. The number of hydrogen-bond acceptors (Lipinski definition) is 3. The maximum atomic E-state index is 5.46. The van der Waals surface area contributed by atoms with Gasteiger partial charge in [-0.3, -0.25) is 4.90 Å². The summed E-state index contributed by atoms with van der Waals surface area (Å²) in [5.74, 6) is 0. The van der Waals surface area contributed by atoms with E-state index in [0.29, 0.717) is 12.1 Å². The van der Waals surface area contributed by atoms with E-state index in [1.807, 2.05) is 0 Å². The van der Waals surface area contributed by atoms with Crippen molar-refractivity contribution in [1.82, 2.24) is 10.2 Å². The van der Waals surface area contributed by atoms with Crippen molar-refractivity contribution in [2.45, 2.75) is 52.1 Å². The van der Waals surface area contributed by atoms with E-state index in [0.717, 1.165) is 26.3 Å². The summed E-state index contributed by atoms with van der Waals surface area (Å²) in [6.45, 7) is 11.8. The van der Waals surface area contributed by atoms with E-state index in [-0.39, 0.29) is 0 Å². The lowest BCUT2D eigenvalue weighted by Gasteiger charge is -2.28. The van der Waals surface area contributed by atoms with Gasteiger partial charge in [0.2, 0.25) is 0 Å². The van der Waals surface area contributed by atoms with Crippen LogP contribution in [0.2, 0.25) is 0 Å². The first-order valence-corrected chi connectivity index (χ1v) is 6.83. The third-order valence-electron chi connectivity index (χ3n) is 3.44. The number of nitrogens with zero attached hydrogens (tertiary/aromatic N) is 1. The number of hydrogen-bond donors (Lipinski definition) is 1. The predicted octanol–water partition coefficient (Wildman–Crippen LogP) is 1.88. The lowest BCUT2D eigenvalue weighted by atomic mass is 10.1. The molecule has 16 heavy (non-hydrogen) atoms. The normalized spacial score (nSPS) is 27.9. The Morgan fingerprint density at radius 1 is 1.38 bits per heavy atom. The van der Waals surface area contributed by atoms with Gasteiger partial charge in [-0.15, -0.1) is 0 Å². The van der Waals surface area contributed by atoms with E-state index >= 15 is 0 Å². The Hall–Kier alpha value is -0.120. The van der Waals surface area contributed by atoms with Gasteiger partial charge in [0.25, 0.3) is 0 Å². The zero-order valence-corrected chi connectivity index (χ0v) is 11.2. The van der Waals surface area contributed by atoms with Gasteiger partial charge in [0.1, 0.15) is 0 Å². The molecular formula is C13H28N2O. The number of nitrogens with one attached hydrogen (secondary N) is 1. The first-order valence-electron chi connectivity index (χ1n) is 6.83. The number of ether oxygens (including phenoxy) is 1. The van der Waals surface area contributed by atoms with Crippen LogP contribution in [0.25, 0.3) is 0 Å². The van der Waals surface area contributed by atoms with Crippen LogP contribution >= 0.6 is 0 Å². The molecule has 0 amide bonds. The van der Waals surface area contributed by atoms with Crippen LogP contribution in [0, 0.1) is 0 Å². The molecule has 96 valence electrons. The Bertz CT molecular complexity index is 175. The molecule has 0 aliphatic carbocycles. The van der Waals surface area contributed by atoms with Crippen LogP contribution in [0.4, 0.5) is 0 Å². The summed E-state index contributed by atoms with van der Waals surface area (Å²) in [7, 11) is 0. The van der Waals surface area contributed by atoms with Crippen LogP contribution in [-0.2, 0) is 4.74 Å². The van der Waals surface area contributed by atoms with Crippen molar-refractivity contribution in [3.05, 3.63) is 0 Å². The molecule has 2 atom stereocenters. The molecule has 1 aliphatic heterocycles. The molecule has 0 radical (unpaired) electrons. The summed E-state index contributed by atoms with van der Waals surface area (Å²) in [5, 5.41) is 3.65. The molecule has 3 nitrogen and oxygen atoms in total. The topological polar surface area (TPSA) is 24.5 Å². The molecule has 0 aromatic rings. The quantitative estimate of drug-likeness (QED) is 0.703. The van der Waals surface area contributed by atoms with Crippen LogP contribution in [0.3, 0.4) is 0 Å². The molecular weight excluding hydrogens is 200 g/mol. The van der Waals surface area contributed by atoms with Crippen LogP contribution in [0.15, 0.2) is 0 Å². The second kappa shape index (κ2) is 8.04. The van der Waals surface area contributed by atoms with Crippen molar-refractivity contribution >= 4 is 0 Å². The zero-order chi connectivity index (χ0) is 11.8. The largest absolute Gasteiger partial charge is 0.380 e. The Morgan fingerprint density at radius 2 is 2.19 bits per heavy atom. The van der Waals surface area contributed by atoms with E-state index < -0.39 is 0 Å². The summed E-state index contributed by atoms with van der Waals surface area (Å²) in [6.07, 6.45) is 3.82. The van der Waals surface area contributed by atoms with E-state index in [1.54, 1.807) is 0 Å². The minimum atomic E-state index is 0.677. The van der Waals surface area contributed by atoms with Gasteiger partial charge in [-0.1, -0.05) is 13.3 Å². The molecule has 0 aromatic heterocycles. The fourth-order valence-electron chi connectivity index (χ4n) is 2.39. The molecule has 2 unspecified atom stereocenters. The molecule has 0 aromatic carbocycles. The Balaban J connectivity index is 2.36. The maximum Gasteiger partial charge on any atom is 0.0593 e. The summed E-state index contributed by atoms with van der Waals surface area (Å²) in [6, 6.07) is 1.37. The average molecular weight is 228 g/mol. The highest BCUT2D eigenvalue weighted by Gasteiger charge is 2.21. The number of rotatable bonds is 6. The lowest BCUT2D eigenvalue weighted by Crippen LogP contribution is -2.41. The average Bonchev–Trinajstić information content (AvgIpc) is 2.43. The van der Waals surface area contributed by atoms with Gasteiger partial charge in [0.15, 0.2) is 0 Å². The van der Waals surface area contributed by atoms with Crippen molar-refractivity contribution in [3.63, 3.8) is 0 Å². The van der Waals surface area contributed by atoms with Crippen molar-refractivity contribution in [3.8, 4) is 0 Å². The van der Waals surface area contributed by atoms with Crippen molar-refractivity contribution in [2.24, 2.45) is 0 Å². The first-order chi connectivity index (χ1) is 7.77. The van der Waals surface area contributed by atoms with Crippen LogP contribution in [-0.4, -0.2) is 49.8 Å². The van der Waals surface area contributed by atoms with E-state index in [4.69, 9.17) is 4.74 Å². The third kappa shape index (κ3) is 4.81. The van der Waals surface area contributed by atoms with Gasteiger partial charge in [-0.05, 0) is 33.2 Å². The van der Waals surface area contributed by atoms with Gasteiger partial charge in [-0.25, -0.2) is 0 Å². The van der Waals surface area contributed by atoms with Gasteiger partial charge in [0.05, 0.1) is 6.61 Å². The summed E-state index contributed by atoms with van der Waals surface area (Å²) >= 11 is 0. The molecule has 1 fully saturated rings. The molecule has 1 N–H and O–H groups in total. The van der Waals surface area contributed by atoms with E-state index in [1.165, 1.54) is 25.8 Å². The SMILES string of the molecule is CCCC1CN(CCOCC)C(C)CCN1. The predicted molar refractivity (Wildman–Crippen MR) is 68.8 cm³/mol. The van der Waals surface area contributed by atoms with Crippen LogP contribution in [0.5, 0.6) is 0 Å². The molecule has 1 aliphatic rings. The third-order valence-corrected chi connectivity index (χ3v) is 3.44. The second-order valence-electron chi connectivity index (χ2n) is 4.77. The van der Waals surface area contributed by atoms with Gasteiger partial charge >= 0.3 is 0 Å². The van der Waals surface area contributed by atoms with Gasteiger partial charge < -0.3 is 10.1 Å². The summed E-state index contributed by atoms with van der Waals surface area (Å²) in [4.78, 5) is 2.58. The highest BCUT2D eigenvalue weighted by molar-refractivity contribution is 4.80. The van der Waals surface area contributed by atoms with Crippen molar-refractivity contribution in [2.75, 3.05) is 32.8 Å². The zero-order valence-electron chi connectivity index (χ0n) is 11.2. The highest BCUT2D eigenvalue weighted by Crippen LogP contribution is 2.11. The fourth-order valence-corrected chi connectivity index (χ4v) is 2.39. The van der Waals surface area contributed by atoms with Gasteiger partial charge in [-0.2, -0.15) is 0 Å². The fraction of sp³-hybridized carbons (Fsp3) is 1.00. The summed E-state index contributed by atoms with van der Waals surface area (Å²) < 4.78 is 5.46. The molecule has 0 bridgehead atoms. The minimum Gasteiger partial charge on any atom is -0.380 e. The highest BCUT2D eigenvalue weighted by atomic mass is 16.5. The van der Waals surface area contributed by atoms with E-state index in [2.05, 4.69) is 31.0 Å². The Labute approximate surface area is 101 Å². The van der Waals surface area contributed by atoms with E-state index in [9.17, 15) is 0 Å². The smallest absolute Gasteiger partial charge is 0.0593 e. The van der Waals surface area contributed by atoms with Crippen LogP contribution in [0.1, 0.15) is 40.0 Å². The molecule has 1 rings (SSSR count). The summed E-state index contributed by atoms with van der Waals surface area (Å²) in [5.41, 5.74) is 0. The first kappa shape index (κ1) is 13.9. The minimum absolute atomic E-state index is 0.677. The molecule has 1 saturated heterocycles. The van der Waals surface area contributed by atoms with Crippen molar-refractivity contribution in [1.29, 1.82) is 0 Å². The Kier molecular flexibility index (Phi) is 7.01. The van der Waals surface area contributed by atoms with Crippen molar-refractivity contribution < 1.29 is 4.74 Å². The molecule has 3 heteroatoms. The molecule has 0 saturated carbocycles. The van der Waals surface area contributed by atoms with Gasteiger partial charge in [0, 0.05) is 31.8 Å². The second-order valence-corrected chi connectivity index (χ2v) is 4.77. The van der Waals surface area contributed by atoms with Crippen LogP contribution < -0.4 is 5.32 Å². The maximum absolute atomic E-state index is 5.46. The monoisotopic (exact) mass is 228 g/mol. The molecule has 0 spiro atoms.